The van der Waals surface area contributed by atoms with E-state index in [4.69, 9.17) is 0 Å². The van der Waals surface area contributed by atoms with Crippen molar-refractivity contribution in [1.82, 2.24) is 14.9 Å². The standard InChI is InChI=1S/C20H18FN3O2/c1-12-4-2-7-15-19(12)22-11-24(20(15)26)10-18(25)23-17-9-16(17)13-5-3-6-14(21)8-13/h2-8,11,16-17H,9-10H2,1H3,(H,23,25). The van der Waals surface area contributed by atoms with Gasteiger partial charge in [0.15, 0.2) is 0 Å². The van der Waals surface area contributed by atoms with Gasteiger partial charge in [0.2, 0.25) is 5.91 Å². The lowest BCUT2D eigenvalue weighted by Gasteiger charge is -2.09. The van der Waals surface area contributed by atoms with Crippen molar-refractivity contribution in [3.05, 3.63) is 76.1 Å². The van der Waals surface area contributed by atoms with E-state index in [2.05, 4.69) is 10.3 Å². The SMILES string of the molecule is Cc1cccc2c(=O)n(CC(=O)NC3CC3c3cccc(F)c3)cnc12. The molecule has 1 amide bonds. The first-order valence-electron chi connectivity index (χ1n) is 8.52. The maximum atomic E-state index is 13.3. The molecule has 1 fully saturated rings. The molecule has 0 aliphatic heterocycles. The zero-order chi connectivity index (χ0) is 18.3. The van der Waals surface area contributed by atoms with Crippen LogP contribution in [0.1, 0.15) is 23.5 Å². The van der Waals surface area contributed by atoms with Crippen LogP contribution in [0.3, 0.4) is 0 Å². The second-order valence-corrected chi connectivity index (χ2v) is 6.72. The van der Waals surface area contributed by atoms with Crippen LogP contribution in [0, 0.1) is 12.7 Å². The highest BCUT2D eigenvalue weighted by Gasteiger charge is 2.39. The molecule has 1 aromatic heterocycles. The summed E-state index contributed by atoms with van der Waals surface area (Å²) in [4.78, 5) is 29.1. The average molecular weight is 351 g/mol. The average Bonchev–Trinajstić information content (AvgIpc) is 3.37. The van der Waals surface area contributed by atoms with Crippen LogP contribution < -0.4 is 10.9 Å². The monoisotopic (exact) mass is 351 g/mol. The van der Waals surface area contributed by atoms with Crippen LogP contribution in [0.5, 0.6) is 0 Å². The first-order valence-corrected chi connectivity index (χ1v) is 8.52. The highest BCUT2D eigenvalue weighted by atomic mass is 19.1. The number of amides is 1. The fraction of sp³-hybridized carbons (Fsp3) is 0.250. The van der Waals surface area contributed by atoms with Crippen molar-refractivity contribution in [3.8, 4) is 0 Å². The Morgan fingerprint density at radius 2 is 2.12 bits per heavy atom. The van der Waals surface area contributed by atoms with Crippen molar-refractivity contribution in [2.45, 2.75) is 31.8 Å². The highest BCUT2D eigenvalue weighted by molar-refractivity contribution is 5.81. The minimum Gasteiger partial charge on any atom is -0.351 e. The Bertz CT molecular complexity index is 1060. The molecule has 2 atom stereocenters. The Balaban J connectivity index is 1.45. The second-order valence-electron chi connectivity index (χ2n) is 6.72. The fourth-order valence-corrected chi connectivity index (χ4v) is 3.32. The normalized spacial score (nSPS) is 18.7. The number of rotatable bonds is 4. The van der Waals surface area contributed by atoms with Gasteiger partial charge in [0, 0.05) is 12.0 Å². The van der Waals surface area contributed by atoms with Crippen LogP contribution >= 0.6 is 0 Å². The van der Waals surface area contributed by atoms with Crippen LogP contribution in [0.25, 0.3) is 10.9 Å². The lowest BCUT2D eigenvalue weighted by molar-refractivity contribution is -0.121. The topological polar surface area (TPSA) is 64.0 Å². The molecule has 1 aliphatic carbocycles. The van der Waals surface area contributed by atoms with E-state index in [0.29, 0.717) is 10.9 Å². The molecule has 2 unspecified atom stereocenters. The summed E-state index contributed by atoms with van der Waals surface area (Å²) in [5.41, 5.74) is 2.23. The molecule has 6 heteroatoms. The third-order valence-corrected chi connectivity index (χ3v) is 4.78. The molecule has 1 heterocycles. The van der Waals surface area contributed by atoms with E-state index in [1.54, 1.807) is 18.2 Å². The molecule has 1 N–H and O–H groups in total. The summed E-state index contributed by atoms with van der Waals surface area (Å²) in [6.45, 7) is 1.81. The quantitative estimate of drug-likeness (QED) is 0.786. The number of hydrogen-bond acceptors (Lipinski definition) is 3. The molecule has 132 valence electrons. The molecule has 3 aromatic rings. The predicted molar refractivity (Wildman–Crippen MR) is 96.4 cm³/mol. The van der Waals surface area contributed by atoms with Gasteiger partial charge in [-0.2, -0.15) is 0 Å². The number of carbonyl (C=O) groups is 1. The molecular weight excluding hydrogens is 333 g/mol. The summed E-state index contributed by atoms with van der Waals surface area (Å²) in [5.74, 6) is -0.392. The largest absolute Gasteiger partial charge is 0.351 e. The molecule has 1 saturated carbocycles. The maximum Gasteiger partial charge on any atom is 0.261 e. The van der Waals surface area contributed by atoms with E-state index >= 15 is 0 Å². The van der Waals surface area contributed by atoms with Gasteiger partial charge in [-0.15, -0.1) is 0 Å². The van der Waals surface area contributed by atoms with Gasteiger partial charge in [-0.05, 0) is 42.7 Å². The molecule has 0 radical (unpaired) electrons. The Morgan fingerprint density at radius 1 is 1.31 bits per heavy atom. The van der Waals surface area contributed by atoms with Crippen molar-refractivity contribution in [1.29, 1.82) is 0 Å². The summed E-state index contributed by atoms with van der Waals surface area (Å²) in [5, 5.41) is 3.41. The number of aromatic nitrogens is 2. The van der Waals surface area contributed by atoms with Crippen molar-refractivity contribution in [2.75, 3.05) is 0 Å². The molecule has 1 aliphatic rings. The molecule has 5 nitrogen and oxygen atoms in total. The Labute approximate surface area is 149 Å². The Kier molecular flexibility index (Phi) is 4.03. The van der Waals surface area contributed by atoms with Gasteiger partial charge in [-0.3, -0.25) is 14.2 Å². The smallest absolute Gasteiger partial charge is 0.261 e. The second kappa shape index (κ2) is 6.37. The van der Waals surface area contributed by atoms with Crippen molar-refractivity contribution < 1.29 is 9.18 Å². The lowest BCUT2D eigenvalue weighted by atomic mass is 10.1. The van der Waals surface area contributed by atoms with E-state index in [0.717, 1.165) is 17.5 Å². The summed E-state index contributed by atoms with van der Waals surface area (Å²) in [7, 11) is 0. The zero-order valence-corrected chi connectivity index (χ0v) is 14.3. The summed E-state index contributed by atoms with van der Waals surface area (Å²) in [6.07, 6.45) is 2.19. The van der Waals surface area contributed by atoms with E-state index in [1.165, 1.54) is 23.0 Å². The molecule has 0 bridgehead atoms. The van der Waals surface area contributed by atoms with Crippen molar-refractivity contribution in [2.24, 2.45) is 0 Å². The number of fused-ring (bicyclic) bond motifs is 1. The molecule has 26 heavy (non-hydrogen) atoms. The van der Waals surface area contributed by atoms with Gasteiger partial charge >= 0.3 is 0 Å². The molecule has 2 aromatic carbocycles. The van der Waals surface area contributed by atoms with Gasteiger partial charge in [-0.25, -0.2) is 9.37 Å². The molecule has 0 spiro atoms. The van der Waals surface area contributed by atoms with Crippen LogP contribution in [0.4, 0.5) is 4.39 Å². The van der Waals surface area contributed by atoms with Crippen molar-refractivity contribution in [3.63, 3.8) is 0 Å². The number of benzene rings is 2. The maximum absolute atomic E-state index is 13.3. The first kappa shape index (κ1) is 16.4. The Hall–Kier alpha value is -3.02. The van der Waals surface area contributed by atoms with Gasteiger partial charge in [0.25, 0.3) is 5.56 Å². The minimum absolute atomic E-state index is 0.0179. The fourth-order valence-electron chi connectivity index (χ4n) is 3.32. The van der Waals surface area contributed by atoms with Gasteiger partial charge in [0.1, 0.15) is 12.4 Å². The first-order chi connectivity index (χ1) is 12.5. The summed E-state index contributed by atoms with van der Waals surface area (Å²) < 4.78 is 14.6. The number of halogens is 1. The van der Waals surface area contributed by atoms with Crippen LogP contribution in [0.15, 0.2) is 53.6 Å². The van der Waals surface area contributed by atoms with Crippen LogP contribution in [0.2, 0.25) is 0 Å². The lowest BCUT2D eigenvalue weighted by Crippen LogP contribution is -2.34. The highest BCUT2D eigenvalue weighted by Crippen LogP contribution is 2.40. The third kappa shape index (κ3) is 3.10. The number of nitrogens with one attached hydrogen (secondary N) is 1. The van der Waals surface area contributed by atoms with Crippen molar-refractivity contribution >= 4 is 16.8 Å². The number of carbonyl (C=O) groups excluding carboxylic acids is 1. The van der Waals surface area contributed by atoms with E-state index in [1.807, 2.05) is 19.1 Å². The van der Waals surface area contributed by atoms with Crippen LogP contribution in [-0.4, -0.2) is 21.5 Å². The number of nitrogens with zero attached hydrogens (tertiary/aromatic N) is 2. The van der Waals surface area contributed by atoms with Crippen LogP contribution in [-0.2, 0) is 11.3 Å². The number of aryl methyl sites for hydroxylation is 1. The zero-order valence-electron chi connectivity index (χ0n) is 14.3. The van der Waals surface area contributed by atoms with E-state index in [-0.39, 0.29) is 35.8 Å². The molecule has 0 saturated heterocycles. The minimum atomic E-state index is -0.274. The third-order valence-electron chi connectivity index (χ3n) is 4.78. The summed E-state index contributed by atoms with van der Waals surface area (Å²) >= 11 is 0. The van der Waals surface area contributed by atoms with E-state index < -0.39 is 0 Å². The molecular formula is C20H18FN3O2. The molecule has 4 rings (SSSR count). The Morgan fingerprint density at radius 3 is 2.92 bits per heavy atom. The van der Waals surface area contributed by atoms with E-state index in [9.17, 15) is 14.0 Å². The van der Waals surface area contributed by atoms with Gasteiger partial charge in [0.05, 0.1) is 17.2 Å². The van der Waals surface area contributed by atoms with Gasteiger partial charge in [-0.1, -0.05) is 24.3 Å². The number of para-hydroxylation sites is 1. The number of hydrogen-bond donors (Lipinski definition) is 1. The predicted octanol–water partition coefficient (Wildman–Crippen LogP) is 2.52. The summed E-state index contributed by atoms with van der Waals surface area (Å²) in [6, 6.07) is 11.8. The van der Waals surface area contributed by atoms with Gasteiger partial charge < -0.3 is 5.32 Å².